The molecule has 0 aliphatic heterocycles. The number of fused-ring (bicyclic) bond motifs is 1. The van der Waals surface area contributed by atoms with Gasteiger partial charge in [0.25, 0.3) is 0 Å². The van der Waals surface area contributed by atoms with Crippen molar-refractivity contribution >= 4 is 28.3 Å². The molecule has 3 aromatic rings. The number of nitrogens with two attached hydrogens (primary N) is 1. The van der Waals surface area contributed by atoms with Crippen molar-refractivity contribution < 1.29 is 0 Å². The Kier molecular flexibility index (Phi) is 2.91. The molecule has 4 heteroatoms. The molecule has 0 amide bonds. The van der Waals surface area contributed by atoms with Crippen LogP contribution < -0.4 is 5.73 Å². The zero-order valence-electron chi connectivity index (χ0n) is 10.6. The molecule has 2 N–H and O–H groups in total. The maximum atomic E-state index is 6.22. The van der Waals surface area contributed by atoms with Crippen molar-refractivity contribution in [1.82, 2.24) is 9.55 Å². The number of benzene rings is 2. The molecule has 3 rings (SSSR count). The number of nitrogens with zero attached hydrogens (tertiary/aromatic N) is 2. The number of anilines is 1. The molecule has 0 aliphatic carbocycles. The van der Waals surface area contributed by atoms with Crippen LogP contribution in [0.1, 0.15) is 11.4 Å². The molecule has 0 spiro atoms. The Morgan fingerprint density at radius 2 is 2.00 bits per heavy atom. The van der Waals surface area contributed by atoms with Crippen LogP contribution in [0.4, 0.5) is 5.69 Å². The van der Waals surface area contributed by atoms with E-state index >= 15 is 0 Å². The van der Waals surface area contributed by atoms with Crippen molar-refractivity contribution in [3.05, 3.63) is 58.9 Å². The predicted molar refractivity (Wildman–Crippen MR) is 79.4 cm³/mol. The van der Waals surface area contributed by atoms with Crippen molar-refractivity contribution in [1.29, 1.82) is 0 Å². The van der Waals surface area contributed by atoms with Crippen LogP contribution in [-0.4, -0.2) is 9.55 Å². The maximum absolute atomic E-state index is 6.22. The quantitative estimate of drug-likeness (QED) is 0.724. The highest BCUT2D eigenvalue weighted by molar-refractivity contribution is 6.31. The van der Waals surface area contributed by atoms with Gasteiger partial charge < -0.3 is 10.3 Å². The highest BCUT2D eigenvalue weighted by Crippen LogP contribution is 2.22. The monoisotopic (exact) mass is 271 g/mol. The van der Waals surface area contributed by atoms with Crippen LogP contribution in [-0.2, 0) is 6.54 Å². The van der Waals surface area contributed by atoms with Gasteiger partial charge in [0.15, 0.2) is 0 Å². The number of aromatic nitrogens is 2. The number of hydrogen-bond donors (Lipinski definition) is 1. The second kappa shape index (κ2) is 4.59. The Labute approximate surface area is 116 Å². The molecule has 0 unspecified atom stereocenters. The lowest BCUT2D eigenvalue weighted by atomic mass is 10.2. The third-order valence-electron chi connectivity index (χ3n) is 3.25. The summed E-state index contributed by atoms with van der Waals surface area (Å²) in [4.78, 5) is 4.54. The van der Waals surface area contributed by atoms with Crippen LogP contribution in [0.3, 0.4) is 0 Å². The van der Waals surface area contributed by atoms with Gasteiger partial charge >= 0.3 is 0 Å². The molecule has 0 fully saturated rings. The summed E-state index contributed by atoms with van der Waals surface area (Å²) in [6, 6.07) is 13.7. The molecule has 0 radical (unpaired) electrons. The fraction of sp³-hybridized carbons (Fsp3) is 0.133. The zero-order chi connectivity index (χ0) is 13.4. The minimum Gasteiger partial charge on any atom is -0.399 e. The Hall–Kier alpha value is -2.00. The van der Waals surface area contributed by atoms with Gasteiger partial charge in [0.2, 0.25) is 0 Å². The topological polar surface area (TPSA) is 43.8 Å². The van der Waals surface area contributed by atoms with Crippen molar-refractivity contribution in [3.63, 3.8) is 0 Å². The van der Waals surface area contributed by atoms with Crippen LogP contribution in [0.15, 0.2) is 42.5 Å². The average molecular weight is 272 g/mol. The fourth-order valence-corrected chi connectivity index (χ4v) is 2.46. The standard InChI is InChI=1S/C15H14ClN3/c1-10-18-14-8-12(17)6-7-15(14)19(10)9-11-4-2-3-5-13(11)16/h2-8H,9,17H2,1H3. The van der Waals surface area contributed by atoms with Crippen LogP contribution in [0.2, 0.25) is 5.02 Å². The summed E-state index contributed by atoms with van der Waals surface area (Å²) >= 11 is 6.22. The van der Waals surface area contributed by atoms with Gasteiger partial charge in [-0.15, -0.1) is 0 Å². The van der Waals surface area contributed by atoms with Crippen molar-refractivity contribution in [2.24, 2.45) is 0 Å². The first-order valence-electron chi connectivity index (χ1n) is 6.11. The maximum Gasteiger partial charge on any atom is 0.107 e. The highest BCUT2D eigenvalue weighted by atomic mass is 35.5. The van der Waals surface area contributed by atoms with Gasteiger partial charge in [0.05, 0.1) is 17.6 Å². The second-order valence-electron chi connectivity index (χ2n) is 4.58. The van der Waals surface area contributed by atoms with Crippen molar-refractivity contribution in [2.75, 3.05) is 5.73 Å². The molecule has 0 aliphatic rings. The normalized spacial score (nSPS) is 11.1. The number of aryl methyl sites for hydroxylation is 1. The minimum atomic E-state index is 0.714. The third kappa shape index (κ3) is 2.17. The molecule has 0 bridgehead atoms. The first-order valence-corrected chi connectivity index (χ1v) is 6.49. The van der Waals surface area contributed by atoms with E-state index in [1.807, 2.05) is 49.4 Å². The van der Waals surface area contributed by atoms with Crippen LogP contribution in [0.5, 0.6) is 0 Å². The van der Waals surface area contributed by atoms with Crippen molar-refractivity contribution in [3.8, 4) is 0 Å². The lowest BCUT2D eigenvalue weighted by Crippen LogP contribution is -2.02. The molecular formula is C15H14ClN3. The molecule has 3 nitrogen and oxygen atoms in total. The van der Waals surface area contributed by atoms with E-state index in [0.717, 1.165) is 33.1 Å². The van der Waals surface area contributed by atoms with Gasteiger partial charge in [-0.2, -0.15) is 0 Å². The molecule has 96 valence electrons. The summed E-state index contributed by atoms with van der Waals surface area (Å²) in [5.41, 5.74) is 9.60. The fourth-order valence-electron chi connectivity index (χ4n) is 2.26. The Morgan fingerprint density at radius 1 is 1.21 bits per heavy atom. The third-order valence-corrected chi connectivity index (χ3v) is 3.62. The van der Waals surface area contributed by atoms with Crippen LogP contribution in [0.25, 0.3) is 11.0 Å². The summed E-state index contributed by atoms with van der Waals surface area (Å²) in [5.74, 6) is 0.959. The molecule has 2 aromatic carbocycles. The molecular weight excluding hydrogens is 258 g/mol. The predicted octanol–water partition coefficient (Wildman–Crippen LogP) is 3.63. The summed E-state index contributed by atoms with van der Waals surface area (Å²) in [6.45, 7) is 2.71. The molecule has 19 heavy (non-hydrogen) atoms. The van der Waals surface area contributed by atoms with Crippen molar-refractivity contribution in [2.45, 2.75) is 13.5 Å². The molecule has 0 saturated heterocycles. The number of rotatable bonds is 2. The zero-order valence-corrected chi connectivity index (χ0v) is 11.4. The summed E-state index contributed by atoms with van der Waals surface area (Å²) in [7, 11) is 0. The van der Waals surface area contributed by atoms with E-state index in [0.29, 0.717) is 6.54 Å². The summed E-state index contributed by atoms with van der Waals surface area (Å²) < 4.78 is 2.15. The van der Waals surface area contributed by atoms with E-state index in [2.05, 4.69) is 9.55 Å². The molecule has 1 aromatic heterocycles. The number of imidazole rings is 1. The van der Waals surface area contributed by atoms with E-state index < -0.39 is 0 Å². The number of halogens is 1. The van der Waals surface area contributed by atoms with Crippen LogP contribution in [0, 0.1) is 6.92 Å². The van der Waals surface area contributed by atoms with Gasteiger partial charge in [-0.3, -0.25) is 0 Å². The molecule has 0 atom stereocenters. The van der Waals surface area contributed by atoms with E-state index in [1.165, 1.54) is 0 Å². The summed E-state index contributed by atoms with van der Waals surface area (Å²) in [5, 5.41) is 0.777. The Balaban J connectivity index is 2.10. The van der Waals surface area contributed by atoms with Gasteiger partial charge in [-0.25, -0.2) is 4.98 Å². The van der Waals surface area contributed by atoms with Gasteiger partial charge in [-0.1, -0.05) is 29.8 Å². The Bertz CT molecular complexity index is 746. The minimum absolute atomic E-state index is 0.714. The SMILES string of the molecule is Cc1nc2cc(N)ccc2n1Cc1ccccc1Cl. The first-order chi connectivity index (χ1) is 9.15. The largest absolute Gasteiger partial charge is 0.399 e. The second-order valence-corrected chi connectivity index (χ2v) is 4.99. The Morgan fingerprint density at radius 3 is 2.79 bits per heavy atom. The highest BCUT2D eigenvalue weighted by Gasteiger charge is 2.09. The van der Waals surface area contributed by atoms with E-state index in [-0.39, 0.29) is 0 Å². The lowest BCUT2D eigenvalue weighted by molar-refractivity contribution is 0.786. The molecule has 1 heterocycles. The number of hydrogen-bond acceptors (Lipinski definition) is 2. The number of nitrogen functional groups attached to an aromatic ring is 1. The van der Waals surface area contributed by atoms with E-state index in [4.69, 9.17) is 17.3 Å². The van der Waals surface area contributed by atoms with E-state index in [9.17, 15) is 0 Å². The summed E-state index contributed by atoms with van der Waals surface area (Å²) in [6.07, 6.45) is 0. The van der Waals surface area contributed by atoms with Gasteiger partial charge in [0.1, 0.15) is 5.82 Å². The van der Waals surface area contributed by atoms with Gasteiger partial charge in [0, 0.05) is 10.7 Å². The molecule has 0 saturated carbocycles. The van der Waals surface area contributed by atoms with E-state index in [1.54, 1.807) is 0 Å². The smallest absolute Gasteiger partial charge is 0.107 e. The lowest BCUT2D eigenvalue weighted by Gasteiger charge is -2.08. The van der Waals surface area contributed by atoms with Gasteiger partial charge in [-0.05, 0) is 36.8 Å². The first kappa shape index (κ1) is 12.1. The average Bonchev–Trinajstić information content (AvgIpc) is 2.68. The van der Waals surface area contributed by atoms with Crippen LogP contribution >= 0.6 is 11.6 Å².